The average molecular weight is 286 g/mol. The molecule has 0 saturated heterocycles. The van der Waals surface area contributed by atoms with Gasteiger partial charge in [-0.3, -0.25) is 0 Å². The summed E-state index contributed by atoms with van der Waals surface area (Å²) in [5.74, 6) is 0.962. The minimum Gasteiger partial charge on any atom is -0.310 e. The van der Waals surface area contributed by atoms with Crippen molar-refractivity contribution in [2.24, 2.45) is 5.92 Å². The lowest BCUT2D eigenvalue weighted by Crippen LogP contribution is -2.25. The first kappa shape index (κ1) is 14.2. The zero-order chi connectivity index (χ0) is 13.0. The first-order chi connectivity index (χ1) is 8.70. The first-order valence-corrected chi connectivity index (χ1v) is 7.64. The minimum absolute atomic E-state index is 0.389. The summed E-state index contributed by atoms with van der Waals surface area (Å²) in [5, 5.41) is 4.91. The highest BCUT2D eigenvalue weighted by atomic mass is 35.5. The second kappa shape index (κ2) is 6.79. The lowest BCUT2D eigenvalue weighted by atomic mass is 9.83. The molecule has 2 rings (SSSR count). The molecule has 1 aromatic rings. The molecule has 0 amide bonds. The molecule has 1 fully saturated rings. The van der Waals surface area contributed by atoms with E-state index >= 15 is 0 Å². The van der Waals surface area contributed by atoms with E-state index in [9.17, 15) is 0 Å². The van der Waals surface area contributed by atoms with Crippen molar-refractivity contribution in [1.29, 1.82) is 0 Å². The van der Waals surface area contributed by atoms with Crippen molar-refractivity contribution in [3.63, 3.8) is 0 Å². The van der Waals surface area contributed by atoms with E-state index in [0.29, 0.717) is 16.1 Å². The molecule has 0 aromatic heterocycles. The van der Waals surface area contributed by atoms with Gasteiger partial charge < -0.3 is 5.32 Å². The van der Waals surface area contributed by atoms with Gasteiger partial charge in [0.05, 0.1) is 10.0 Å². The molecule has 1 saturated carbocycles. The monoisotopic (exact) mass is 285 g/mol. The zero-order valence-corrected chi connectivity index (χ0v) is 12.4. The summed E-state index contributed by atoms with van der Waals surface area (Å²) in [6, 6.07) is 6.32. The highest BCUT2D eigenvalue weighted by Gasteiger charge is 2.17. The molecule has 1 nitrogen and oxygen atoms in total. The Bertz CT molecular complexity index is 388. The van der Waals surface area contributed by atoms with Crippen LogP contribution in [0.25, 0.3) is 0 Å². The van der Waals surface area contributed by atoms with Crippen LogP contribution in [0.3, 0.4) is 0 Å². The maximum Gasteiger partial charge on any atom is 0.0595 e. The lowest BCUT2D eigenvalue weighted by Gasteiger charge is -2.26. The second-order valence-electron chi connectivity index (χ2n) is 5.17. The molecule has 1 aromatic carbocycles. The molecule has 1 unspecified atom stereocenters. The van der Waals surface area contributed by atoms with Gasteiger partial charge in [0, 0.05) is 6.04 Å². The van der Waals surface area contributed by atoms with Gasteiger partial charge in [-0.1, -0.05) is 55.5 Å². The third-order valence-electron chi connectivity index (χ3n) is 3.92. The maximum absolute atomic E-state index is 6.07. The van der Waals surface area contributed by atoms with Crippen LogP contribution >= 0.6 is 23.2 Å². The van der Waals surface area contributed by atoms with E-state index in [1.807, 2.05) is 12.1 Å². The topological polar surface area (TPSA) is 12.0 Å². The van der Waals surface area contributed by atoms with Crippen LogP contribution < -0.4 is 5.32 Å². The van der Waals surface area contributed by atoms with Gasteiger partial charge in [0.2, 0.25) is 0 Å². The van der Waals surface area contributed by atoms with Crippen molar-refractivity contribution in [2.45, 2.75) is 45.1 Å². The number of hydrogen-bond acceptors (Lipinski definition) is 1. The van der Waals surface area contributed by atoms with Crippen LogP contribution in [0, 0.1) is 5.92 Å². The van der Waals surface area contributed by atoms with Gasteiger partial charge in [-0.2, -0.15) is 0 Å². The molecule has 0 aliphatic heterocycles. The molecular weight excluding hydrogens is 265 g/mol. The van der Waals surface area contributed by atoms with Gasteiger partial charge in [-0.25, -0.2) is 0 Å². The maximum atomic E-state index is 6.07. The Morgan fingerprint density at radius 3 is 2.61 bits per heavy atom. The molecule has 1 aliphatic rings. The van der Waals surface area contributed by atoms with E-state index in [4.69, 9.17) is 23.2 Å². The third kappa shape index (κ3) is 3.63. The van der Waals surface area contributed by atoms with E-state index < -0.39 is 0 Å². The van der Waals surface area contributed by atoms with Crippen molar-refractivity contribution >= 4 is 23.2 Å². The fraction of sp³-hybridized carbons (Fsp3) is 0.600. The van der Waals surface area contributed by atoms with Crippen LogP contribution in [-0.4, -0.2) is 6.54 Å². The summed E-state index contributed by atoms with van der Waals surface area (Å²) in [6.07, 6.45) is 6.64. The van der Waals surface area contributed by atoms with Crippen LogP contribution in [0.1, 0.15) is 50.6 Å². The van der Waals surface area contributed by atoms with E-state index in [1.165, 1.54) is 31.2 Å². The number of rotatable bonds is 6. The SMILES string of the molecule is CCC(NCCC1CCC1)c1ccc(Cl)c(Cl)c1. The zero-order valence-electron chi connectivity index (χ0n) is 10.9. The van der Waals surface area contributed by atoms with E-state index in [-0.39, 0.29) is 0 Å². The highest BCUT2D eigenvalue weighted by Crippen LogP contribution is 2.30. The van der Waals surface area contributed by atoms with E-state index in [1.54, 1.807) is 0 Å². The van der Waals surface area contributed by atoms with Crippen LogP contribution in [0.15, 0.2) is 18.2 Å². The van der Waals surface area contributed by atoms with Gasteiger partial charge in [-0.05, 0) is 43.0 Å². The smallest absolute Gasteiger partial charge is 0.0595 e. The Hall–Kier alpha value is -0.240. The standard InChI is InChI=1S/C15H21Cl2N/c1-2-15(18-9-8-11-4-3-5-11)12-6-7-13(16)14(17)10-12/h6-7,10-11,15,18H,2-5,8-9H2,1H3. The van der Waals surface area contributed by atoms with Crippen molar-refractivity contribution < 1.29 is 0 Å². The Morgan fingerprint density at radius 1 is 1.28 bits per heavy atom. The van der Waals surface area contributed by atoms with Crippen molar-refractivity contribution in [3.8, 4) is 0 Å². The Morgan fingerprint density at radius 2 is 2.06 bits per heavy atom. The van der Waals surface area contributed by atoms with E-state index in [0.717, 1.165) is 18.9 Å². The van der Waals surface area contributed by atoms with Crippen molar-refractivity contribution in [1.82, 2.24) is 5.32 Å². The summed E-state index contributed by atoms with van der Waals surface area (Å²) in [5.41, 5.74) is 1.24. The molecule has 1 N–H and O–H groups in total. The van der Waals surface area contributed by atoms with Crippen LogP contribution in [-0.2, 0) is 0 Å². The molecule has 1 aliphatic carbocycles. The number of nitrogens with one attached hydrogen (secondary N) is 1. The summed E-state index contributed by atoms with van der Waals surface area (Å²) < 4.78 is 0. The summed E-state index contributed by atoms with van der Waals surface area (Å²) in [4.78, 5) is 0. The molecule has 0 heterocycles. The van der Waals surface area contributed by atoms with Gasteiger partial charge in [0.1, 0.15) is 0 Å². The Balaban J connectivity index is 1.87. The van der Waals surface area contributed by atoms with E-state index in [2.05, 4.69) is 18.3 Å². The van der Waals surface area contributed by atoms with Gasteiger partial charge in [0.15, 0.2) is 0 Å². The minimum atomic E-state index is 0.389. The van der Waals surface area contributed by atoms with Crippen LogP contribution in [0.4, 0.5) is 0 Å². The Labute approximate surface area is 120 Å². The molecule has 0 radical (unpaired) electrons. The average Bonchev–Trinajstić information content (AvgIpc) is 2.31. The quantitative estimate of drug-likeness (QED) is 0.755. The second-order valence-corrected chi connectivity index (χ2v) is 5.99. The lowest BCUT2D eigenvalue weighted by molar-refractivity contribution is 0.287. The molecule has 18 heavy (non-hydrogen) atoms. The fourth-order valence-corrected chi connectivity index (χ4v) is 2.78. The highest BCUT2D eigenvalue weighted by molar-refractivity contribution is 6.42. The fourth-order valence-electron chi connectivity index (χ4n) is 2.47. The van der Waals surface area contributed by atoms with Crippen LogP contribution in [0.5, 0.6) is 0 Å². The predicted octanol–water partition coefficient (Wildman–Crippen LogP) is 5.22. The largest absolute Gasteiger partial charge is 0.310 e. The van der Waals surface area contributed by atoms with Crippen molar-refractivity contribution in [2.75, 3.05) is 6.54 Å². The molecule has 0 spiro atoms. The van der Waals surface area contributed by atoms with Crippen LogP contribution in [0.2, 0.25) is 10.0 Å². The number of benzene rings is 1. The molecule has 100 valence electrons. The molecule has 3 heteroatoms. The third-order valence-corrected chi connectivity index (χ3v) is 4.66. The number of hydrogen-bond donors (Lipinski definition) is 1. The van der Waals surface area contributed by atoms with Gasteiger partial charge in [0.25, 0.3) is 0 Å². The molecule has 0 bridgehead atoms. The summed E-state index contributed by atoms with van der Waals surface area (Å²) >= 11 is 12.0. The van der Waals surface area contributed by atoms with Gasteiger partial charge >= 0.3 is 0 Å². The predicted molar refractivity (Wildman–Crippen MR) is 79.5 cm³/mol. The first-order valence-electron chi connectivity index (χ1n) is 6.89. The molecular formula is C15H21Cl2N. The van der Waals surface area contributed by atoms with Gasteiger partial charge in [-0.15, -0.1) is 0 Å². The Kier molecular flexibility index (Phi) is 5.35. The normalized spacial score (nSPS) is 17.5. The summed E-state index contributed by atoms with van der Waals surface area (Å²) in [6.45, 7) is 3.30. The number of halogens is 2. The summed E-state index contributed by atoms with van der Waals surface area (Å²) in [7, 11) is 0. The molecule has 1 atom stereocenters. The van der Waals surface area contributed by atoms with Crippen molar-refractivity contribution in [3.05, 3.63) is 33.8 Å².